The van der Waals surface area contributed by atoms with Crippen molar-refractivity contribution < 1.29 is 9.53 Å². The van der Waals surface area contributed by atoms with Gasteiger partial charge in [0.2, 0.25) is 5.91 Å². The summed E-state index contributed by atoms with van der Waals surface area (Å²) in [5.74, 6) is 1.34. The Labute approximate surface area is 152 Å². The molecule has 0 aliphatic heterocycles. The summed E-state index contributed by atoms with van der Waals surface area (Å²) in [6.07, 6.45) is 0. The molecule has 0 saturated carbocycles. The maximum Gasteiger partial charge on any atom is 0.237 e. The first-order chi connectivity index (χ1) is 12.2. The lowest BCUT2D eigenvalue weighted by atomic mass is 10.1. The van der Waals surface area contributed by atoms with E-state index in [1.807, 2.05) is 54.3 Å². The first kappa shape index (κ1) is 17.4. The number of hydrogen-bond donors (Lipinski definition) is 0. The number of rotatable bonds is 6. The van der Waals surface area contributed by atoms with Crippen LogP contribution in [0.2, 0.25) is 0 Å². The van der Waals surface area contributed by atoms with Gasteiger partial charge in [0.15, 0.2) is 0 Å². The van der Waals surface area contributed by atoms with Crippen LogP contribution in [-0.4, -0.2) is 25.3 Å². The minimum atomic E-state index is 0.110. The molecule has 0 unspecified atom stereocenters. The average molecular weight is 351 g/mol. The number of ether oxygens (including phenoxy) is 1. The number of fused-ring (bicyclic) bond motifs is 1. The number of carbonyl (C=O) groups excluding carboxylic acids is 1. The second-order valence-corrected chi connectivity index (χ2v) is 6.68. The van der Waals surface area contributed by atoms with Crippen LogP contribution in [0.3, 0.4) is 0 Å². The summed E-state index contributed by atoms with van der Waals surface area (Å²) in [5.41, 5.74) is 0.946. The predicted molar refractivity (Wildman–Crippen MR) is 106 cm³/mol. The molecule has 4 heteroatoms. The van der Waals surface area contributed by atoms with E-state index in [2.05, 4.69) is 24.3 Å². The fourth-order valence-electron chi connectivity index (χ4n) is 2.74. The van der Waals surface area contributed by atoms with Crippen LogP contribution in [0.5, 0.6) is 5.75 Å². The molecule has 128 valence electrons. The molecular formula is C21H21NO2S. The summed E-state index contributed by atoms with van der Waals surface area (Å²) < 4.78 is 5.16. The summed E-state index contributed by atoms with van der Waals surface area (Å²) in [7, 11) is 1.65. The van der Waals surface area contributed by atoms with Crippen molar-refractivity contribution in [3.63, 3.8) is 0 Å². The molecule has 0 aliphatic rings. The monoisotopic (exact) mass is 351 g/mol. The van der Waals surface area contributed by atoms with E-state index in [0.29, 0.717) is 12.3 Å². The average Bonchev–Trinajstić information content (AvgIpc) is 2.67. The number of anilines is 1. The third kappa shape index (κ3) is 4.15. The van der Waals surface area contributed by atoms with Crippen LogP contribution in [0.1, 0.15) is 6.92 Å². The Morgan fingerprint density at radius 1 is 1.00 bits per heavy atom. The lowest BCUT2D eigenvalue weighted by molar-refractivity contribution is -0.116. The van der Waals surface area contributed by atoms with Gasteiger partial charge in [-0.05, 0) is 54.1 Å². The van der Waals surface area contributed by atoms with Crippen molar-refractivity contribution in [1.29, 1.82) is 0 Å². The van der Waals surface area contributed by atoms with Crippen LogP contribution < -0.4 is 9.64 Å². The summed E-state index contributed by atoms with van der Waals surface area (Å²) in [6.45, 7) is 2.66. The van der Waals surface area contributed by atoms with Crippen molar-refractivity contribution >= 4 is 34.1 Å². The summed E-state index contributed by atoms with van der Waals surface area (Å²) in [5, 5.41) is 2.33. The van der Waals surface area contributed by atoms with Crippen LogP contribution in [0.15, 0.2) is 71.6 Å². The molecule has 0 fully saturated rings. The molecule has 3 aromatic carbocycles. The van der Waals surface area contributed by atoms with Gasteiger partial charge in [-0.15, -0.1) is 11.8 Å². The van der Waals surface area contributed by atoms with Gasteiger partial charge in [0.05, 0.1) is 12.9 Å². The van der Waals surface area contributed by atoms with Crippen molar-refractivity contribution in [3.8, 4) is 5.75 Å². The van der Waals surface area contributed by atoms with Crippen molar-refractivity contribution in [3.05, 3.63) is 66.7 Å². The van der Waals surface area contributed by atoms with Gasteiger partial charge in [0, 0.05) is 17.1 Å². The highest BCUT2D eigenvalue weighted by molar-refractivity contribution is 8.00. The topological polar surface area (TPSA) is 29.5 Å². The standard InChI is InChI=1S/C21H21NO2S/c1-3-22(18-9-8-16-6-4-5-7-17(16)14-18)21(23)15-25-20-12-10-19(24-2)11-13-20/h4-14H,3,15H2,1-2H3. The highest BCUT2D eigenvalue weighted by atomic mass is 32.2. The van der Waals surface area contributed by atoms with Gasteiger partial charge in [-0.25, -0.2) is 0 Å². The maximum atomic E-state index is 12.7. The SMILES string of the molecule is CCN(C(=O)CSc1ccc(OC)cc1)c1ccc2ccccc2c1. The number of benzene rings is 3. The highest BCUT2D eigenvalue weighted by Crippen LogP contribution is 2.25. The Morgan fingerprint density at radius 3 is 2.40 bits per heavy atom. The highest BCUT2D eigenvalue weighted by Gasteiger charge is 2.14. The van der Waals surface area contributed by atoms with Crippen LogP contribution >= 0.6 is 11.8 Å². The van der Waals surface area contributed by atoms with Gasteiger partial charge in [-0.2, -0.15) is 0 Å². The quantitative estimate of drug-likeness (QED) is 0.586. The molecule has 0 bridgehead atoms. The Morgan fingerprint density at radius 2 is 1.72 bits per heavy atom. The third-order valence-corrected chi connectivity index (χ3v) is 5.08. The van der Waals surface area contributed by atoms with Crippen molar-refractivity contribution in [2.45, 2.75) is 11.8 Å². The van der Waals surface area contributed by atoms with E-state index in [0.717, 1.165) is 21.7 Å². The van der Waals surface area contributed by atoms with Crippen molar-refractivity contribution in [2.75, 3.05) is 24.3 Å². The van der Waals surface area contributed by atoms with Gasteiger partial charge in [-0.1, -0.05) is 30.3 Å². The van der Waals surface area contributed by atoms with E-state index in [-0.39, 0.29) is 5.91 Å². The Hall–Kier alpha value is -2.46. The molecule has 25 heavy (non-hydrogen) atoms. The molecule has 3 aromatic rings. The molecule has 1 amide bonds. The molecule has 0 N–H and O–H groups in total. The molecule has 3 rings (SSSR count). The van der Waals surface area contributed by atoms with Gasteiger partial charge in [0.25, 0.3) is 0 Å². The van der Waals surface area contributed by atoms with E-state index in [1.165, 1.54) is 5.39 Å². The van der Waals surface area contributed by atoms with E-state index < -0.39 is 0 Å². The number of hydrogen-bond acceptors (Lipinski definition) is 3. The smallest absolute Gasteiger partial charge is 0.237 e. The maximum absolute atomic E-state index is 12.7. The second kappa shape index (κ2) is 8.08. The number of methoxy groups -OCH3 is 1. The molecule has 0 atom stereocenters. The number of carbonyl (C=O) groups is 1. The molecule has 0 saturated heterocycles. The molecule has 0 heterocycles. The van der Waals surface area contributed by atoms with Gasteiger partial charge in [0.1, 0.15) is 5.75 Å². The fourth-order valence-corrected chi connectivity index (χ4v) is 3.52. The number of nitrogens with zero attached hydrogens (tertiary/aromatic N) is 1. The van der Waals surface area contributed by atoms with Crippen molar-refractivity contribution in [1.82, 2.24) is 0 Å². The van der Waals surface area contributed by atoms with Crippen LogP contribution in [0, 0.1) is 0 Å². The first-order valence-electron chi connectivity index (χ1n) is 8.27. The zero-order chi connectivity index (χ0) is 17.6. The van der Waals surface area contributed by atoms with E-state index in [9.17, 15) is 4.79 Å². The van der Waals surface area contributed by atoms with Crippen LogP contribution in [0.25, 0.3) is 10.8 Å². The Kier molecular flexibility index (Phi) is 5.61. The zero-order valence-electron chi connectivity index (χ0n) is 14.4. The normalized spacial score (nSPS) is 10.6. The summed E-state index contributed by atoms with van der Waals surface area (Å²) in [6, 6.07) is 22.1. The lowest BCUT2D eigenvalue weighted by Crippen LogP contribution is -2.32. The number of amides is 1. The third-order valence-electron chi connectivity index (χ3n) is 4.08. The van der Waals surface area contributed by atoms with E-state index in [4.69, 9.17) is 4.74 Å². The number of thioether (sulfide) groups is 1. The molecule has 0 radical (unpaired) electrons. The summed E-state index contributed by atoms with van der Waals surface area (Å²) >= 11 is 1.54. The predicted octanol–water partition coefficient (Wildman–Crippen LogP) is 4.99. The minimum absolute atomic E-state index is 0.110. The first-order valence-corrected chi connectivity index (χ1v) is 9.26. The largest absolute Gasteiger partial charge is 0.497 e. The van der Waals surface area contributed by atoms with Crippen molar-refractivity contribution in [2.24, 2.45) is 0 Å². The van der Waals surface area contributed by atoms with Gasteiger partial charge >= 0.3 is 0 Å². The Balaban J connectivity index is 1.71. The minimum Gasteiger partial charge on any atom is -0.497 e. The summed E-state index contributed by atoms with van der Waals surface area (Å²) in [4.78, 5) is 15.6. The molecule has 0 aliphatic carbocycles. The molecule has 0 spiro atoms. The van der Waals surface area contributed by atoms with Crippen LogP contribution in [-0.2, 0) is 4.79 Å². The van der Waals surface area contributed by atoms with Gasteiger partial charge in [-0.3, -0.25) is 4.79 Å². The molecule has 0 aromatic heterocycles. The van der Waals surface area contributed by atoms with Crippen LogP contribution in [0.4, 0.5) is 5.69 Å². The molecule has 3 nitrogen and oxygen atoms in total. The van der Waals surface area contributed by atoms with E-state index in [1.54, 1.807) is 18.9 Å². The second-order valence-electron chi connectivity index (χ2n) is 5.63. The van der Waals surface area contributed by atoms with E-state index >= 15 is 0 Å². The fraction of sp³-hybridized carbons (Fsp3) is 0.190. The lowest BCUT2D eigenvalue weighted by Gasteiger charge is -2.21. The van der Waals surface area contributed by atoms with Gasteiger partial charge < -0.3 is 9.64 Å². The molecular weight excluding hydrogens is 330 g/mol. The zero-order valence-corrected chi connectivity index (χ0v) is 15.3. The Bertz CT molecular complexity index is 861.